The normalized spacial score (nSPS) is 15.4. The lowest BCUT2D eigenvalue weighted by Crippen LogP contribution is -2.47. The molecule has 1 aliphatic rings. The van der Waals surface area contributed by atoms with Crippen LogP contribution in [0.5, 0.6) is 0 Å². The van der Waals surface area contributed by atoms with E-state index in [1.165, 1.54) is 16.5 Å². The van der Waals surface area contributed by atoms with Crippen LogP contribution in [0, 0.1) is 5.82 Å². The fourth-order valence-corrected chi connectivity index (χ4v) is 6.00. The number of aryl methyl sites for hydroxylation is 1. The van der Waals surface area contributed by atoms with Crippen LogP contribution in [-0.2, 0) is 13.0 Å². The zero-order valence-corrected chi connectivity index (χ0v) is 21.9. The molecule has 3 aromatic carbocycles. The van der Waals surface area contributed by atoms with Crippen molar-refractivity contribution < 1.29 is 9.18 Å². The summed E-state index contributed by atoms with van der Waals surface area (Å²) in [6.07, 6.45) is 0.855. The first-order valence-corrected chi connectivity index (χ1v) is 13.7. The quantitative estimate of drug-likeness (QED) is 0.288. The van der Waals surface area contributed by atoms with Crippen LogP contribution in [0.1, 0.15) is 44.9 Å². The highest BCUT2D eigenvalue weighted by molar-refractivity contribution is 7.16. The Bertz CT molecular complexity index is 1320. The van der Waals surface area contributed by atoms with Crippen LogP contribution in [-0.4, -0.2) is 41.9 Å². The highest BCUT2D eigenvalue weighted by Crippen LogP contribution is 2.40. The molecule has 1 aromatic heterocycles. The molecule has 1 N–H and O–H groups in total. The zero-order valence-electron chi connectivity index (χ0n) is 21.1. The molecule has 37 heavy (non-hydrogen) atoms. The molecule has 0 spiro atoms. The predicted molar refractivity (Wildman–Crippen MR) is 150 cm³/mol. The first-order valence-electron chi connectivity index (χ1n) is 12.9. The fourth-order valence-electron chi connectivity index (χ4n) is 4.98. The SMILES string of the molecule is CCc1cc(C(c2ccccc2F)N2CCN(Cc3ccccc3)CC2)c(NC(=O)c2ccccc2)s1. The van der Waals surface area contributed by atoms with Crippen molar-refractivity contribution in [2.24, 2.45) is 0 Å². The fraction of sp³-hybridized carbons (Fsp3) is 0.258. The van der Waals surface area contributed by atoms with Crippen molar-refractivity contribution in [3.05, 3.63) is 124 Å². The van der Waals surface area contributed by atoms with E-state index in [1.807, 2.05) is 48.5 Å². The van der Waals surface area contributed by atoms with E-state index in [2.05, 4.69) is 52.4 Å². The first-order chi connectivity index (χ1) is 18.1. The molecule has 0 aliphatic carbocycles. The van der Waals surface area contributed by atoms with E-state index < -0.39 is 0 Å². The number of piperazine rings is 1. The van der Waals surface area contributed by atoms with Gasteiger partial charge in [-0.15, -0.1) is 11.3 Å². The molecule has 4 nitrogen and oxygen atoms in total. The Morgan fingerprint density at radius 1 is 0.892 bits per heavy atom. The molecule has 6 heteroatoms. The van der Waals surface area contributed by atoms with Gasteiger partial charge in [-0.05, 0) is 36.2 Å². The lowest BCUT2D eigenvalue weighted by molar-refractivity contribution is 0.102. The maximum Gasteiger partial charge on any atom is 0.256 e. The van der Waals surface area contributed by atoms with Gasteiger partial charge < -0.3 is 5.32 Å². The molecule has 1 fully saturated rings. The summed E-state index contributed by atoms with van der Waals surface area (Å²) < 4.78 is 15.3. The van der Waals surface area contributed by atoms with E-state index in [4.69, 9.17) is 0 Å². The van der Waals surface area contributed by atoms with Crippen LogP contribution < -0.4 is 5.32 Å². The summed E-state index contributed by atoms with van der Waals surface area (Å²) in [6, 6.07) is 28.7. The highest BCUT2D eigenvalue weighted by Gasteiger charge is 2.31. The predicted octanol–water partition coefficient (Wildman–Crippen LogP) is 6.61. The van der Waals surface area contributed by atoms with Crippen molar-refractivity contribution in [3.63, 3.8) is 0 Å². The summed E-state index contributed by atoms with van der Waals surface area (Å²) in [5.41, 5.74) is 3.53. The summed E-state index contributed by atoms with van der Waals surface area (Å²) in [7, 11) is 0. The number of carbonyl (C=O) groups is 1. The van der Waals surface area contributed by atoms with Crippen molar-refractivity contribution in [2.45, 2.75) is 25.9 Å². The second-order valence-electron chi connectivity index (χ2n) is 9.39. The Balaban J connectivity index is 1.44. The number of halogens is 1. The Morgan fingerprint density at radius 2 is 1.54 bits per heavy atom. The van der Waals surface area contributed by atoms with Crippen LogP contribution in [0.25, 0.3) is 0 Å². The summed E-state index contributed by atoms with van der Waals surface area (Å²) in [6.45, 7) is 6.45. The largest absolute Gasteiger partial charge is 0.313 e. The third-order valence-electron chi connectivity index (χ3n) is 6.94. The van der Waals surface area contributed by atoms with Gasteiger partial charge >= 0.3 is 0 Å². The molecular formula is C31H32FN3OS. The summed E-state index contributed by atoms with van der Waals surface area (Å²) in [5.74, 6) is -0.366. The highest BCUT2D eigenvalue weighted by atomic mass is 32.1. The number of thiophene rings is 1. The molecule has 5 rings (SSSR count). The molecule has 1 unspecified atom stereocenters. The van der Waals surface area contributed by atoms with Gasteiger partial charge in [-0.1, -0.05) is 73.7 Å². The van der Waals surface area contributed by atoms with Gasteiger partial charge in [0.1, 0.15) is 10.8 Å². The van der Waals surface area contributed by atoms with Crippen molar-refractivity contribution in [1.82, 2.24) is 9.80 Å². The van der Waals surface area contributed by atoms with E-state index in [1.54, 1.807) is 17.4 Å². The number of nitrogens with one attached hydrogen (secondary N) is 1. The summed E-state index contributed by atoms with van der Waals surface area (Å²) in [5, 5.41) is 3.95. The van der Waals surface area contributed by atoms with Gasteiger partial charge in [0, 0.05) is 54.3 Å². The average Bonchev–Trinajstić information content (AvgIpc) is 3.34. The van der Waals surface area contributed by atoms with Gasteiger partial charge in [0.2, 0.25) is 0 Å². The van der Waals surface area contributed by atoms with Crippen molar-refractivity contribution >= 4 is 22.2 Å². The molecule has 1 amide bonds. The number of rotatable bonds is 8. The molecule has 2 heterocycles. The Labute approximate surface area is 222 Å². The van der Waals surface area contributed by atoms with Crippen molar-refractivity contribution in [2.75, 3.05) is 31.5 Å². The number of benzene rings is 3. The van der Waals surface area contributed by atoms with E-state index >= 15 is 4.39 Å². The van der Waals surface area contributed by atoms with Gasteiger partial charge in [-0.2, -0.15) is 0 Å². The van der Waals surface area contributed by atoms with Crippen LogP contribution in [0.3, 0.4) is 0 Å². The third-order valence-corrected chi connectivity index (χ3v) is 8.15. The molecule has 1 saturated heterocycles. The standard InChI is InChI=1S/C31H32FN3OS/c1-2-25-21-27(31(37-25)33-30(36)24-13-7-4-8-14-24)29(26-15-9-10-16-28(26)32)35-19-17-34(18-20-35)22-23-11-5-3-6-12-23/h3-16,21,29H,2,17-20,22H2,1H3,(H,33,36). The molecule has 0 radical (unpaired) electrons. The van der Waals surface area contributed by atoms with Crippen LogP contribution in [0.2, 0.25) is 0 Å². The molecule has 1 aliphatic heterocycles. The number of amides is 1. The Hall–Kier alpha value is -3.32. The molecule has 190 valence electrons. The van der Waals surface area contributed by atoms with Crippen LogP contribution >= 0.6 is 11.3 Å². The number of carbonyl (C=O) groups excluding carboxylic acids is 1. The van der Waals surface area contributed by atoms with Crippen molar-refractivity contribution in [1.29, 1.82) is 0 Å². The van der Waals surface area contributed by atoms with E-state index in [0.29, 0.717) is 11.1 Å². The molecule has 0 bridgehead atoms. The van der Waals surface area contributed by atoms with Gasteiger partial charge in [0.05, 0.1) is 6.04 Å². The second kappa shape index (κ2) is 11.8. The van der Waals surface area contributed by atoms with Crippen molar-refractivity contribution in [3.8, 4) is 0 Å². The van der Waals surface area contributed by atoms with Crippen LogP contribution in [0.4, 0.5) is 9.39 Å². The minimum Gasteiger partial charge on any atom is -0.313 e. The van der Waals surface area contributed by atoms with Gasteiger partial charge in [-0.3, -0.25) is 14.6 Å². The first kappa shape index (κ1) is 25.3. The van der Waals surface area contributed by atoms with E-state index in [9.17, 15) is 4.79 Å². The minimum atomic E-state index is -0.275. The Morgan fingerprint density at radius 3 is 2.22 bits per heavy atom. The smallest absolute Gasteiger partial charge is 0.256 e. The monoisotopic (exact) mass is 513 g/mol. The topological polar surface area (TPSA) is 35.6 Å². The summed E-state index contributed by atoms with van der Waals surface area (Å²) >= 11 is 1.59. The number of hydrogen-bond acceptors (Lipinski definition) is 4. The molecule has 4 aromatic rings. The van der Waals surface area contributed by atoms with Gasteiger partial charge in [0.15, 0.2) is 0 Å². The lowest BCUT2D eigenvalue weighted by Gasteiger charge is -2.40. The number of nitrogens with zero attached hydrogens (tertiary/aromatic N) is 2. The molecule has 0 saturated carbocycles. The molecular weight excluding hydrogens is 481 g/mol. The van der Waals surface area contributed by atoms with E-state index in [-0.39, 0.29) is 17.8 Å². The number of anilines is 1. The lowest BCUT2D eigenvalue weighted by atomic mass is 9.96. The summed E-state index contributed by atoms with van der Waals surface area (Å²) in [4.78, 5) is 19.1. The van der Waals surface area contributed by atoms with Crippen LogP contribution in [0.15, 0.2) is 91.0 Å². The van der Waals surface area contributed by atoms with E-state index in [0.717, 1.165) is 49.7 Å². The maximum atomic E-state index is 15.3. The van der Waals surface area contributed by atoms with Gasteiger partial charge in [-0.25, -0.2) is 4.39 Å². The Kier molecular flexibility index (Phi) is 8.09. The second-order valence-corrected chi connectivity index (χ2v) is 10.5. The minimum absolute atomic E-state index is 0.147. The molecule has 1 atom stereocenters. The average molecular weight is 514 g/mol. The zero-order chi connectivity index (χ0) is 25.6. The number of hydrogen-bond donors (Lipinski definition) is 1. The van der Waals surface area contributed by atoms with Gasteiger partial charge in [0.25, 0.3) is 5.91 Å². The maximum absolute atomic E-state index is 15.3. The third kappa shape index (κ3) is 5.99.